The number of allylic oxidation sites excluding steroid dienone is 8. The summed E-state index contributed by atoms with van der Waals surface area (Å²) in [5, 5.41) is 0.0172. The third kappa shape index (κ3) is 2.77. The molecule has 2 rings (SSSR count). The van der Waals surface area contributed by atoms with E-state index in [2.05, 4.69) is 0 Å². The van der Waals surface area contributed by atoms with Crippen LogP contribution in [-0.4, -0.2) is 10.2 Å². The van der Waals surface area contributed by atoms with Gasteiger partial charge < -0.3 is 0 Å². The van der Waals surface area contributed by atoms with Crippen LogP contribution in [0.2, 0.25) is 0 Å². The fraction of sp³-hybridized carbons (Fsp3) is 0.167. The summed E-state index contributed by atoms with van der Waals surface area (Å²) in [5.74, 6) is -0.333. The van der Waals surface area contributed by atoms with Crippen LogP contribution >= 0.6 is 21.6 Å². The summed E-state index contributed by atoms with van der Waals surface area (Å²) in [6.07, 6.45) is 14.7. The lowest BCUT2D eigenvalue weighted by atomic mass is 10.2. The second-order valence-corrected chi connectivity index (χ2v) is 5.53. The lowest BCUT2D eigenvalue weighted by Crippen LogP contribution is -2.05. The molecule has 0 spiro atoms. The zero-order valence-corrected chi connectivity index (χ0v) is 10.0. The van der Waals surface area contributed by atoms with Crippen molar-refractivity contribution in [2.75, 3.05) is 0 Å². The first-order valence-electron chi connectivity index (χ1n) is 4.89. The smallest absolute Gasteiger partial charge is 0.210 e. The molecule has 0 atom stereocenters. The minimum atomic E-state index is -0.167. The van der Waals surface area contributed by atoms with Gasteiger partial charge in [0.25, 0.3) is 0 Å². The Labute approximate surface area is 102 Å². The Bertz CT molecular complexity index is 355. The van der Waals surface area contributed by atoms with Crippen molar-refractivity contribution in [1.29, 1.82) is 0 Å². The van der Waals surface area contributed by atoms with E-state index >= 15 is 0 Å². The monoisotopic (exact) mass is 250 g/mol. The summed E-state index contributed by atoms with van der Waals surface area (Å²) in [6.45, 7) is 0. The molecule has 0 aromatic rings. The van der Waals surface area contributed by atoms with Crippen LogP contribution in [0.25, 0.3) is 0 Å². The van der Waals surface area contributed by atoms with Crippen LogP contribution in [0.3, 0.4) is 0 Å². The van der Waals surface area contributed by atoms with Gasteiger partial charge >= 0.3 is 0 Å². The Balaban J connectivity index is 1.78. The van der Waals surface area contributed by atoms with Crippen LogP contribution < -0.4 is 0 Å². The highest BCUT2D eigenvalue weighted by Gasteiger charge is 2.20. The van der Waals surface area contributed by atoms with Crippen molar-refractivity contribution < 1.29 is 9.59 Å². The SMILES string of the molecule is O=C(SSC(=O)C1C=CC=C1)C1C=CC=C1. The van der Waals surface area contributed by atoms with E-state index in [4.69, 9.17) is 0 Å². The van der Waals surface area contributed by atoms with Gasteiger partial charge in [-0.25, -0.2) is 0 Å². The van der Waals surface area contributed by atoms with Crippen LogP contribution in [-0.2, 0) is 9.59 Å². The Morgan fingerprint density at radius 3 is 1.31 bits per heavy atom. The first kappa shape index (κ1) is 11.5. The van der Waals surface area contributed by atoms with E-state index in [9.17, 15) is 9.59 Å². The first-order valence-corrected chi connectivity index (χ1v) is 7.04. The highest BCUT2D eigenvalue weighted by molar-refractivity contribution is 8.87. The van der Waals surface area contributed by atoms with Gasteiger partial charge in [0.05, 0.1) is 11.8 Å². The standard InChI is InChI=1S/C12H10O2S2/c13-11(9-5-1-2-6-9)15-16-12(14)10-7-3-4-8-10/h1-10H. The first-order chi connectivity index (χ1) is 7.77. The summed E-state index contributed by atoms with van der Waals surface area (Å²) in [4.78, 5) is 23.2. The predicted molar refractivity (Wildman–Crippen MR) is 68.7 cm³/mol. The predicted octanol–water partition coefficient (Wildman–Crippen LogP) is 2.91. The van der Waals surface area contributed by atoms with Crippen LogP contribution in [0.4, 0.5) is 0 Å². The van der Waals surface area contributed by atoms with Crippen molar-refractivity contribution in [2.24, 2.45) is 11.8 Å². The Morgan fingerprint density at radius 1 is 0.688 bits per heavy atom. The minimum Gasteiger partial charge on any atom is -0.285 e. The summed E-state index contributed by atoms with van der Waals surface area (Å²) in [6, 6.07) is 0. The van der Waals surface area contributed by atoms with Gasteiger partial charge in [0.1, 0.15) is 0 Å². The Hall–Kier alpha value is -1.00. The van der Waals surface area contributed by atoms with Crippen molar-refractivity contribution in [3.8, 4) is 0 Å². The number of hydrogen-bond acceptors (Lipinski definition) is 4. The topological polar surface area (TPSA) is 34.1 Å². The molecule has 0 aromatic heterocycles. The van der Waals surface area contributed by atoms with Crippen molar-refractivity contribution in [3.63, 3.8) is 0 Å². The summed E-state index contributed by atoms with van der Waals surface area (Å²) >= 11 is 0. The fourth-order valence-electron chi connectivity index (χ4n) is 1.37. The third-order valence-electron chi connectivity index (χ3n) is 2.25. The highest BCUT2D eigenvalue weighted by Crippen LogP contribution is 2.32. The van der Waals surface area contributed by atoms with Gasteiger partial charge in [0.15, 0.2) is 0 Å². The van der Waals surface area contributed by atoms with Crippen LogP contribution in [0.1, 0.15) is 0 Å². The van der Waals surface area contributed by atoms with Gasteiger partial charge in [0.2, 0.25) is 10.2 Å². The normalized spacial score (nSPS) is 18.8. The molecule has 0 N–H and O–H groups in total. The van der Waals surface area contributed by atoms with E-state index in [1.165, 1.54) is 0 Å². The molecular weight excluding hydrogens is 240 g/mol. The van der Waals surface area contributed by atoms with E-state index in [1.54, 1.807) is 0 Å². The lowest BCUT2D eigenvalue weighted by molar-refractivity contribution is -0.113. The van der Waals surface area contributed by atoms with Crippen LogP contribution in [0, 0.1) is 11.8 Å². The van der Waals surface area contributed by atoms with E-state index in [0.717, 1.165) is 21.6 Å². The molecule has 0 aromatic carbocycles. The maximum Gasteiger partial charge on any atom is 0.210 e. The van der Waals surface area contributed by atoms with Gasteiger partial charge in [0, 0.05) is 0 Å². The van der Waals surface area contributed by atoms with E-state index in [1.807, 2.05) is 48.6 Å². The molecule has 4 heteroatoms. The lowest BCUT2D eigenvalue weighted by Gasteiger charge is -2.04. The van der Waals surface area contributed by atoms with E-state index in [0.29, 0.717) is 0 Å². The summed E-state index contributed by atoms with van der Waals surface area (Å²) in [5.41, 5.74) is 0. The molecule has 0 fully saturated rings. The van der Waals surface area contributed by atoms with Gasteiger partial charge in [-0.2, -0.15) is 0 Å². The maximum atomic E-state index is 11.6. The van der Waals surface area contributed by atoms with Crippen LogP contribution in [0.15, 0.2) is 48.6 Å². The van der Waals surface area contributed by atoms with Gasteiger partial charge in [-0.05, 0) is 21.6 Å². The molecule has 0 radical (unpaired) electrons. The summed E-state index contributed by atoms with van der Waals surface area (Å²) < 4.78 is 0. The zero-order chi connectivity index (χ0) is 11.4. The average Bonchev–Trinajstić information content (AvgIpc) is 2.95. The molecule has 2 nitrogen and oxygen atoms in total. The molecule has 0 saturated heterocycles. The number of carbonyl (C=O) groups is 2. The number of carbonyl (C=O) groups excluding carboxylic acids is 2. The van der Waals surface area contributed by atoms with Gasteiger partial charge in [-0.3, -0.25) is 9.59 Å². The second-order valence-electron chi connectivity index (χ2n) is 3.40. The molecule has 0 heterocycles. The quantitative estimate of drug-likeness (QED) is 0.706. The Morgan fingerprint density at radius 2 is 1.00 bits per heavy atom. The largest absolute Gasteiger partial charge is 0.285 e. The molecular formula is C12H10O2S2. The number of rotatable bonds is 2. The second kappa shape index (κ2) is 5.37. The highest BCUT2D eigenvalue weighted by atomic mass is 33.1. The minimum absolute atomic E-state index is 0.00862. The molecule has 0 bridgehead atoms. The Kier molecular flexibility index (Phi) is 3.85. The van der Waals surface area contributed by atoms with E-state index < -0.39 is 0 Å². The summed E-state index contributed by atoms with van der Waals surface area (Å²) in [7, 11) is 2.05. The molecule has 16 heavy (non-hydrogen) atoms. The molecule has 2 aliphatic carbocycles. The third-order valence-corrected chi connectivity index (χ3v) is 4.44. The molecule has 0 saturated carbocycles. The van der Waals surface area contributed by atoms with Gasteiger partial charge in [-0.15, -0.1) is 0 Å². The maximum absolute atomic E-state index is 11.6. The molecule has 2 aliphatic rings. The van der Waals surface area contributed by atoms with Crippen molar-refractivity contribution >= 4 is 31.8 Å². The average molecular weight is 250 g/mol. The van der Waals surface area contributed by atoms with Crippen molar-refractivity contribution in [1.82, 2.24) is 0 Å². The fourth-order valence-corrected chi connectivity index (χ4v) is 3.23. The molecule has 0 amide bonds. The zero-order valence-electron chi connectivity index (χ0n) is 8.41. The van der Waals surface area contributed by atoms with Gasteiger partial charge in [-0.1, -0.05) is 48.6 Å². The number of hydrogen-bond donors (Lipinski definition) is 0. The molecule has 0 unspecified atom stereocenters. The van der Waals surface area contributed by atoms with E-state index in [-0.39, 0.29) is 22.1 Å². The van der Waals surface area contributed by atoms with Crippen molar-refractivity contribution in [3.05, 3.63) is 48.6 Å². The van der Waals surface area contributed by atoms with Crippen LogP contribution in [0.5, 0.6) is 0 Å². The van der Waals surface area contributed by atoms with Crippen molar-refractivity contribution in [2.45, 2.75) is 0 Å². The molecule has 0 aliphatic heterocycles. The molecule has 82 valence electrons.